The first-order valence-corrected chi connectivity index (χ1v) is 7.02. The number of benzene rings is 1. The number of rotatable bonds is 6. The number of hydrogen-bond acceptors (Lipinski definition) is 4. The lowest BCUT2D eigenvalue weighted by Crippen LogP contribution is -2.35. The fourth-order valence-electron chi connectivity index (χ4n) is 2.11. The van der Waals surface area contributed by atoms with Crippen LogP contribution in [-0.4, -0.2) is 36.3 Å². The van der Waals surface area contributed by atoms with Gasteiger partial charge >= 0.3 is 0 Å². The number of carbonyl (C=O) groups is 1. The van der Waals surface area contributed by atoms with Crippen LogP contribution in [0.5, 0.6) is 5.75 Å². The number of hydrogen-bond donors (Lipinski definition) is 3. The summed E-state index contributed by atoms with van der Waals surface area (Å²) in [7, 11) is 0. The van der Waals surface area contributed by atoms with E-state index in [1.54, 1.807) is 0 Å². The third-order valence-electron chi connectivity index (χ3n) is 3.19. The highest BCUT2D eigenvalue weighted by atomic mass is 35.5. The second kappa shape index (κ2) is 8.22. The predicted octanol–water partition coefficient (Wildman–Crippen LogP) is 1.73. The van der Waals surface area contributed by atoms with Crippen molar-refractivity contribution in [3.8, 4) is 5.75 Å². The zero-order valence-electron chi connectivity index (χ0n) is 12.4. The average Bonchev–Trinajstić information content (AvgIpc) is 2.42. The summed E-state index contributed by atoms with van der Waals surface area (Å²) >= 11 is 0. The van der Waals surface area contributed by atoms with Gasteiger partial charge in [0.1, 0.15) is 18.5 Å². The first kappa shape index (κ1) is 17.8. The normalized spacial score (nSPS) is 15.0. The number of aliphatic hydroxyl groups is 1. The molecule has 0 spiro atoms. The number of aliphatic hydroxyl groups excluding tert-OH is 1. The van der Waals surface area contributed by atoms with Crippen LogP contribution in [0.3, 0.4) is 0 Å². The number of aryl methyl sites for hydroxylation is 1. The first-order valence-electron chi connectivity index (χ1n) is 7.02. The van der Waals surface area contributed by atoms with Crippen LogP contribution in [0.4, 0.5) is 5.69 Å². The maximum absolute atomic E-state index is 11.5. The Kier molecular flexibility index (Phi) is 6.95. The smallest absolute Gasteiger partial charge is 0.224 e. The van der Waals surface area contributed by atoms with Crippen LogP contribution < -0.4 is 15.4 Å². The van der Waals surface area contributed by atoms with Crippen LogP contribution in [0.15, 0.2) is 18.2 Å². The highest BCUT2D eigenvalue weighted by Gasteiger charge is 2.18. The van der Waals surface area contributed by atoms with Gasteiger partial charge in [-0.15, -0.1) is 12.4 Å². The third-order valence-corrected chi connectivity index (χ3v) is 3.19. The van der Waals surface area contributed by atoms with Gasteiger partial charge in [-0.25, -0.2) is 0 Å². The summed E-state index contributed by atoms with van der Waals surface area (Å²) in [5.74, 6) is 0.634. The molecule has 0 saturated carbocycles. The van der Waals surface area contributed by atoms with Crippen LogP contribution in [0, 0.1) is 0 Å². The minimum absolute atomic E-state index is 0. The van der Waals surface area contributed by atoms with E-state index in [-0.39, 0.29) is 24.9 Å². The molecule has 3 N–H and O–H groups in total. The quantitative estimate of drug-likeness (QED) is 0.748. The van der Waals surface area contributed by atoms with Crippen LogP contribution in [0.1, 0.15) is 25.8 Å². The lowest BCUT2D eigenvalue weighted by Gasteiger charge is -2.21. The Morgan fingerprint density at radius 2 is 2.14 bits per heavy atom. The lowest BCUT2D eigenvalue weighted by atomic mass is 10.0. The van der Waals surface area contributed by atoms with Gasteiger partial charge in [0.2, 0.25) is 5.91 Å². The van der Waals surface area contributed by atoms with Crippen molar-refractivity contribution < 1.29 is 14.6 Å². The van der Waals surface area contributed by atoms with E-state index in [9.17, 15) is 9.90 Å². The molecule has 1 heterocycles. The number of ether oxygens (including phenoxy) is 1. The van der Waals surface area contributed by atoms with E-state index >= 15 is 0 Å². The minimum Gasteiger partial charge on any atom is -0.489 e. The zero-order chi connectivity index (χ0) is 14.5. The Labute approximate surface area is 131 Å². The molecule has 2 rings (SSSR count). The van der Waals surface area contributed by atoms with Crippen molar-refractivity contribution in [3.05, 3.63) is 23.8 Å². The molecule has 1 amide bonds. The predicted molar refractivity (Wildman–Crippen MR) is 85.3 cm³/mol. The summed E-state index contributed by atoms with van der Waals surface area (Å²) in [4.78, 5) is 11.5. The molecule has 1 aromatic carbocycles. The van der Waals surface area contributed by atoms with E-state index in [0.29, 0.717) is 24.8 Å². The van der Waals surface area contributed by atoms with Crippen molar-refractivity contribution in [1.29, 1.82) is 0 Å². The van der Waals surface area contributed by atoms with Gasteiger partial charge < -0.3 is 20.5 Å². The number of nitrogens with one attached hydrogen (secondary N) is 2. The summed E-state index contributed by atoms with van der Waals surface area (Å²) in [5, 5.41) is 15.8. The number of para-hydroxylation sites is 1. The molecular formula is C15H23ClN2O3. The van der Waals surface area contributed by atoms with Gasteiger partial charge in [0.05, 0.1) is 5.69 Å². The number of halogens is 1. The molecule has 0 aliphatic carbocycles. The number of anilines is 1. The van der Waals surface area contributed by atoms with Gasteiger partial charge in [0.15, 0.2) is 0 Å². The van der Waals surface area contributed by atoms with E-state index in [4.69, 9.17) is 4.74 Å². The standard InChI is InChI=1S/C15H22N2O3.ClH/c1-10(2)16-8-12(18)9-20-13-5-3-4-11-6-7-14(19)17-15(11)13;/h3-5,10,12,16,18H,6-9H2,1-2H3,(H,17,19);1H. The fraction of sp³-hybridized carbons (Fsp3) is 0.533. The van der Waals surface area contributed by atoms with Crippen LogP contribution in [-0.2, 0) is 11.2 Å². The number of carbonyl (C=O) groups excluding carboxylic acids is 1. The highest BCUT2D eigenvalue weighted by molar-refractivity contribution is 5.95. The Morgan fingerprint density at radius 3 is 2.86 bits per heavy atom. The molecule has 0 saturated heterocycles. The van der Waals surface area contributed by atoms with E-state index in [1.807, 2.05) is 32.0 Å². The molecule has 1 aliphatic rings. The molecule has 0 bridgehead atoms. The number of fused-ring (bicyclic) bond motifs is 1. The Morgan fingerprint density at radius 1 is 1.38 bits per heavy atom. The summed E-state index contributed by atoms with van der Waals surface area (Å²) in [5.41, 5.74) is 1.82. The van der Waals surface area contributed by atoms with Crippen molar-refractivity contribution in [3.63, 3.8) is 0 Å². The summed E-state index contributed by atoms with van der Waals surface area (Å²) in [6.45, 7) is 4.73. The van der Waals surface area contributed by atoms with Crippen molar-refractivity contribution in [2.45, 2.75) is 38.8 Å². The van der Waals surface area contributed by atoms with E-state index in [2.05, 4.69) is 10.6 Å². The molecule has 21 heavy (non-hydrogen) atoms. The summed E-state index contributed by atoms with van der Waals surface area (Å²) in [6, 6.07) is 6.03. The van der Waals surface area contributed by atoms with Crippen molar-refractivity contribution in [2.75, 3.05) is 18.5 Å². The lowest BCUT2D eigenvalue weighted by molar-refractivity contribution is -0.116. The van der Waals surface area contributed by atoms with Gasteiger partial charge in [-0.3, -0.25) is 4.79 Å². The first-order chi connectivity index (χ1) is 9.56. The maximum Gasteiger partial charge on any atom is 0.224 e. The van der Waals surface area contributed by atoms with Crippen LogP contribution >= 0.6 is 12.4 Å². The summed E-state index contributed by atoms with van der Waals surface area (Å²) < 4.78 is 5.64. The molecule has 1 aliphatic heterocycles. The molecule has 0 radical (unpaired) electrons. The highest BCUT2D eigenvalue weighted by Crippen LogP contribution is 2.32. The van der Waals surface area contributed by atoms with E-state index < -0.39 is 6.10 Å². The second-order valence-corrected chi connectivity index (χ2v) is 5.37. The van der Waals surface area contributed by atoms with Crippen molar-refractivity contribution in [2.24, 2.45) is 0 Å². The molecule has 1 aromatic rings. The molecule has 1 atom stereocenters. The number of amides is 1. The molecule has 118 valence electrons. The van der Waals surface area contributed by atoms with Gasteiger partial charge in [0, 0.05) is 19.0 Å². The van der Waals surface area contributed by atoms with Gasteiger partial charge in [-0.2, -0.15) is 0 Å². The van der Waals surface area contributed by atoms with Crippen LogP contribution in [0.2, 0.25) is 0 Å². The largest absolute Gasteiger partial charge is 0.489 e. The Bertz CT molecular complexity index is 480. The van der Waals surface area contributed by atoms with Gasteiger partial charge in [-0.05, 0) is 18.1 Å². The average molecular weight is 315 g/mol. The minimum atomic E-state index is -0.576. The topological polar surface area (TPSA) is 70.6 Å². The molecule has 6 heteroatoms. The Balaban J connectivity index is 0.00000220. The third kappa shape index (κ3) is 5.19. The monoisotopic (exact) mass is 314 g/mol. The van der Waals surface area contributed by atoms with Crippen molar-refractivity contribution in [1.82, 2.24) is 5.32 Å². The van der Waals surface area contributed by atoms with Crippen molar-refractivity contribution >= 4 is 24.0 Å². The van der Waals surface area contributed by atoms with E-state index in [0.717, 1.165) is 17.7 Å². The molecule has 0 aromatic heterocycles. The van der Waals surface area contributed by atoms with Gasteiger partial charge in [-0.1, -0.05) is 26.0 Å². The SMILES string of the molecule is CC(C)NCC(O)COc1cccc2c1NC(=O)CC2.Cl. The fourth-order valence-corrected chi connectivity index (χ4v) is 2.11. The Hall–Kier alpha value is -1.30. The van der Waals surface area contributed by atoms with E-state index in [1.165, 1.54) is 0 Å². The molecular weight excluding hydrogens is 292 g/mol. The molecule has 5 nitrogen and oxygen atoms in total. The van der Waals surface area contributed by atoms with Crippen LogP contribution in [0.25, 0.3) is 0 Å². The zero-order valence-corrected chi connectivity index (χ0v) is 13.2. The molecule has 1 unspecified atom stereocenters. The maximum atomic E-state index is 11.5. The second-order valence-electron chi connectivity index (χ2n) is 5.37. The summed E-state index contributed by atoms with van der Waals surface area (Å²) in [6.07, 6.45) is 0.667. The van der Waals surface area contributed by atoms with Gasteiger partial charge in [0.25, 0.3) is 0 Å². The molecule has 0 fully saturated rings.